The molecule has 0 saturated heterocycles. The molecule has 162 valence electrons. The topological polar surface area (TPSA) is 75.7 Å². The molecule has 0 fully saturated rings. The van der Waals surface area contributed by atoms with Crippen molar-refractivity contribution in [1.82, 2.24) is 0 Å². The van der Waals surface area contributed by atoms with Crippen molar-refractivity contribution in [1.29, 1.82) is 0 Å². The number of nitrogens with one attached hydrogen (secondary N) is 1. The van der Waals surface area contributed by atoms with Gasteiger partial charge in [-0.15, -0.1) is 0 Å². The summed E-state index contributed by atoms with van der Waals surface area (Å²) >= 11 is 0. The van der Waals surface area contributed by atoms with Gasteiger partial charge in [0, 0.05) is 18.3 Å². The fourth-order valence-electron chi connectivity index (χ4n) is 2.94. The molecule has 0 aliphatic rings. The van der Waals surface area contributed by atoms with Gasteiger partial charge in [-0.25, -0.2) is 8.42 Å². The molecule has 0 aliphatic heterocycles. The minimum absolute atomic E-state index is 0.0453. The van der Waals surface area contributed by atoms with Gasteiger partial charge in [0.15, 0.2) is 0 Å². The second-order valence-electron chi connectivity index (χ2n) is 7.48. The van der Waals surface area contributed by atoms with E-state index in [-0.39, 0.29) is 16.6 Å². The highest BCUT2D eigenvalue weighted by atomic mass is 32.2. The van der Waals surface area contributed by atoms with Crippen molar-refractivity contribution in [2.24, 2.45) is 0 Å². The SMILES string of the molecule is Cc1ccc(N(C)S(=O)(=O)c2cccc(C(=O)Nc3ccc(OC(C)C)cc3)c2)cc1. The molecule has 0 unspecified atom stereocenters. The average molecular weight is 439 g/mol. The molecule has 0 atom stereocenters. The number of carbonyl (C=O) groups excluding carboxylic acids is 1. The first-order valence-electron chi connectivity index (χ1n) is 9.90. The van der Waals surface area contributed by atoms with Crippen LogP contribution in [0.1, 0.15) is 29.8 Å². The van der Waals surface area contributed by atoms with Crippen molar-refractivity contribution in [2.45, 2.75) is 31.8 Å². The van der Waals surface area contributed by atoms with Crippen LogP contribution < -0.4 is 14.4 Å². The zero-order valence-corrected chi connectivity index (χ0v) is 18.8. The maximum atomic E-state index is 13.1. The molecule has 0 radical (unpaired) electrons. The van der Waals surface area contributed by atoms with Crippen LogP contribution in [0.25, 0.3) is 0 Å². The Morgan fingerprint density at radius 1 is 0.968 bits per heavy atom. The monoisotopic (exact) mass is 438 g/mol. The van der Waals surface area contributed by atoms with E-state index in [0.29, 0.717) is 17.1 Å². The normalized spacial score (nSPS) is 11.3. The van der Waals surface area contributed by atoms with E-state index in [1.54, 1.807) is 48.5 Å². The van der Waals surface area contributed by atoms with E-state index in [4.69, 9.17) is 4.74 Å². The summed E-state index contributed by atoms with van der Waals surface area (Å²) < 4.78 is 32.9. The van der Waals surface area contributed by atoms with Gasteiger partial charge in [-0.1, -0.05) is 23.8 Å². The summed E-state index contributed by atoms with van der Waals surface area (Å²) in [4.78, 5) is 12.7. The lowest BCUT2D eigenvalue weighted by Gasteiger charge is -2.20. The quantitative estimate of drug-likeness (QED) is 0.572. The third-order valence-electron chi connectivity index (χ3n) is 4.64. The van der Waals surface area contributed by atoms with Gasteiger partial charge in [0.1, 0.15) is 5.75 Å². The Morgan fingerprint density at radius 2 is 1.61 bits per heavy atom. The molecule has 6 nitrogen and oxygen atoms in total. The summed E-state index contributed by atoms with van der Waals surface area (Å²) in [6.45, 7) is 5.81. The van der Waals surface area contributed by atoms with E-state index < -0.39 is 15.9 Å². The fourth-order valence-corrected chi connectivity index (χ4v) is 4.18. The molecule has 7 heteroatoms. The van der Waals surface area contributed by atoms with Crippen molar-refractivity contribution in [2.75, 3.05) is 16.7 Å². The van der Waals surface area contributed by atoms with Gasteiger partial charge in [0.25, 0.3) is 15.9 Å². The highest BCUT2D eigenvalue weighted by Gasteiger charge is 2.22. The number of amides is 1. The number of ether oxygens (including phenoxy) is 1. The summed E-state index contributed by atoms with van der Waals surface area (Å²) in [5.41, 5.74) is 2.42. The van der Waals surface area contributed by atoms with E-state index in [0.717, 1.165) is 5.56 Å². The number of aryl methyl sites for hydroxylation is 1. The Bertz CT molecular complexity index is 1150. The van der Waals surface area contributed by atoms with E-state index in [1.165, 1.54) is 23.5 Å². The van der Waals surface area contributed by atoms with Gasteiger partial charge in [0.2, 0.25) is 0 Å². The van der Waals surface area contributed by atoms with Crippen LogP contribution in [0.15, 0.2) is 77.7 Å². The molecular weight excluding hydrogens is 412 g/mol. The highest BCUT2D eigenvalue weighted by Crippen LogP contribution is 2.24. The fraction of sp³-hybridized carbons (Fsp3) is 0.208. The number of sulfonamides is 1. The molecule has 0 spiro atoms. The molecule has 31 heavy (non-hydrogen) atoms. The van der Waals surface area contributed by atoms with E-state index in [1.807, 2.05) is 32.9 Å². The second-order valence-corrected chi connectivity index (χ2v) is 9.45. The molecule has 0 saturated carbocycles. The number of benzene rings is 3. The number of hydrogen-bond donors (Lipinski definition) is 1. The number of carbonyl (C=O) groups is 1. The molecule has 0 heterocycles. The van der Waals surface area contributed by atoms with Crippen LogP contribution in [0.3, 0.4) is 0 Å². The van der Waals surface area contributed by atoms with Crippen LogP contribution >= 0.6 is 0 Å². The summed E-state index contributed by atoms with van der Waals surface area (Å²) in [7, 11) is -2.32. The zero-order valence-electron chi connectivity index (χ0n) is 18.0. The minimum Gasteiger partial charge on any atom is -0.491 e. The van der Waals surface area contributed by atoms with Crippen molar-refractivity contribution < 1.29 is 17.9 Å². The Hall–Kier alpha value is -3.32. The third-order valence-corrected chi connectivity index (χ3v) is 6.42. The molecule has 3 aromatic rings. The van der Waals surface area contributed by atoms with Crippen LogP contribution in [-0.4, -0.2) is 27.5 Å². The van der Waals surface area contributed by atoms with Crippen molar-refractivity contribution in [3.63, 3.8) is 0 Å². The van der Waals surface area contributed by atoms with Crippen LogP contribution in [0.4, 0.5) is 11.4 Å². The Balaban J connectivity index is 1.78. The summed E-state index contributed by atoms with van der Waals surface area (Å²) in [6.07, 6.45) is 0.0585. The molecular formula is C24H26N2O4S. The molecule has 1 amide bonds. The Morgan fingerprint density at radius 3 is 2.23 bits per heavy atom. The first-order valence-corrected chi connectivity index (χ1v) is 11.3. The molecule has 0 bridgehead atoms. The zero-order chi connectivity index (χ0) is 22.6. The third kappa shape index (κ3) is 5.44. The maximum absolute atomic E-state index is 13.1. The van der Waals surface area contributed by atoms with Crippen LogP contribution in [-0.2, 0) is 10.0 Å². The largest absolute Gasteiger partial charge is 0.491 e. The second kappa shape index (κ2) is 9.22. The predicted octanol–water partition coefficient (Wildman–Crippen LogP) is 4.86. The van der Waals surface area contributed by atoms with Crippen LogP contribution in [0.5, 0.6) is 5.75 Å². The van der Waals surface area contributed by atoms with E-state index in [2.05, 4.69) is 5.32 Å². The lowest BCUT2D eigenvalue weighted by atomic mass is 10.2. The maximum Gasteiger partial charge on any atom is 0.264 e. The van der Waals surface area contributed by atoms with Gasteiger partial charge in [-0.2, -0.15) is 0 Å². The number of anilines is 2. The lowest BCUT2D eigenvalue weighted by molar-refractivity contribution is 0.102. The van der Waals surface area contributed by atoms with Crippen LogP contribution in [0, 0.1) is 6.92 Å². The first kappa shape index (κ1) is 22.4. The van der Waals surface area contributed by atoms with E-state index in [9.17, 15) is 13.2 Å². The summed E-state index contributed by atoms with van der Waals surface area (Å²) in [6, 6.07) is 20.2. The molecule has 3 aromatic carbocycles. The van der Waals surface area contributed by atoms with Crippen molar-refractivity contribution >= 4 is 27.3 Å². The predicted molar refractivity (Wildman–Crippen MR) is 123 cm³/mol. The van der Waals surface area contributed by atoms with Crippen LogP contribution in [0.2, 0.25) is 0 Å². The van der Waals surface area contributed by atoms with Gasteiger partial charge in [-0.3, -0.25) is 9.10 Å². The standard InChI is InChI=1S/C24H26N2O4S/c1-17(2)30-22-14-10-20(11-15-22)25-24(27)19-6-5-7-23(16-19)31(28,29)26(4)21-12-8-18(3)9-13-21/h5-17H,1-4H3,(H,25,27). The Labute approximate surface area is 183 Å². The highest BCUT2D eigenvalue weighted by molar-refractivity contribution is 7.92. The first-order chi connectivity index (χ1) is 14.7. The van der Waals surface area contributed by atoms with Gasteiger partial charge in [-0.05, 0) is 75.4 Å². The minimum atomic E-state index is -3.81. The summed E-state index contributed by atoms with van der Waals surface area (Å²) in [5, 5.41) is 2.78. The van der Waals surface area contributed by atoms with Gasteiger partial charge < -0.3 is 10.1 Å². The van der Waals surface area contributed by atoms with Crippen molar-refractivity contribution in [3.8, 4) is 5.75 Å². The number of nitrogens with zero attached hydrogens (tertiary/aromatic N) is 1. The number of rotatable bonds is 7. The van der Waals surface area contributed by atoms with E-state index >= 15 is 0 Å². The Kier molecular flexibility index (Phi) is 6.65. The van der Waals surface area contributed by atoms with Gasteiger partial charge >= 0.3 is 0 Å². The smallest absolute Gasteiger partial charge is 0.264 e. The summed E-state index contributed by atoms with van der Waals surface area (Å²) in [5.74, 6) is 0.313. The molecule has 0 aliphatic carbocycles. The molecule has 0 aromatic heterocycles. The van der Waals surface area contributed by atoms with Crippen molar-refractivity contribution in [3.05, 3.63) is 83.9 Å². The molecule has 3 rings (SSSR count). The average Bonchev–Trinajstić information content (AvgIpc) is 2.75. The lowest BCUT2D eigenvalue weighted by Crippen LogP contribution is -2.26. The number of hydrogen-bond acceptors (Lipinski definition) is 4. The molecule has 1 N–H and O–H groups in total. The van der Waals surface area contributed by atoms with Gasteiger partial charge in [0.05, 0.1) is 16.7 Å².